The first-order valence-electron chi connectivity index (χ1n) is 6.82. The molecule has 0 aliphatic carbocycles. The van der Waals surface area contributed by atoms with Gasteiger partial charge in [-0.05, 0) is 38.1 Å². The Morgan fingerprint density at radius 1 is 1.26 bits per heavy atom. The van der Waals surface area contributed by atoms with Gasteiger partial charge in [0, 0.05) is 23.2 Å². The van der Waals surface area contributed by atoms with Crippen LogP contribution in [-0.2, 0) is 0 Å². The molecule has 0 bridgehead atoms. The van der Waals surface area contributed by atoms with Crippen LogP contribution in [0.25, 0.3) is 0 Å². The first kappa shape index (κ1) is 16.5. The van der Waals surface area contributed by atoms with Crippen molar-refractivity contribution in [3.63, 3.8) is 0 Å². The van der Waals surface area contributed by atoms with Gasteiger partial charge in [0.15, 0.2) is 0 Å². The highest BCUT2D eigenvalue weighted by Crippen LogP contribution is 2.20. The van der Waals surface area contributed by atoms with Gasteiger partial charge in [0.1, 0.15) is 5.82 Å². The molecule has 0 amide bonds. The van der Waals surface area contributed by atoms with E-state index in [1.165, 1.54) is 6.07 Å². The number of hydrogen-bond donors (Lipinski definition) is 1. The molecule has 0 fully saturated rings. The second kappa shape index (κ2) is 8.56. The zero-order chi connectivity index (χ0) is 14.3. The number of benzene rings is 1. The van der Waals surface area contributed by atoms with Gasteiger partial charge in [0.2, 0.25) is 0 Å². The van der Waals surface area contributed by atoms with Crippen LogP contribution in [0, 0.1) is 11.7 Å². The predicted molar refractivity (Wildman–Crippen MR) is 82.1 cm³/mol. The molecule has 0 radical (unpaired) electrons. The number of thioether (sulfide) groups is 1. The van der Waals surface area contributed by atoms with E-state index in [9.17, 15) is 4.39 Å². The van der Waals surface area contributed by atoms with Crippen LogP contribution >= 0.6 is 11.8 Å². The maximum atomic E-state index is 13.4. The third-order valence-corrected chi connectivity index (χ3v) is 4.30. The van der Waals surface area contributed by atoms with E-state index >= 15 is 0 Å². The van der Waals surface area contributed by atoms with Gasteiger partial charge < -0.3 is 10.6 Å². The van der Waals surface area contributed by atoms with Crippen molar-refractivity contribution in [2.45, 2.75) is 31.2 Å². The number of rotatable bonds is 8. The van der Waals surface area contributed by atoms with Crippen molar-refractivity contribution in [3.8, 4) is 0 Å². The van der Waals surface area contributed by atoms with Gasteiger partial charge in [-0.15, -0.1) is 11.8 Å². The molecule has 0 spiro atoms. The first-order chi connectivity index (χ1) is 9.00. The van der Waals surface area contributed by atoms with Crippen molar-refractivity contribution in [2.24, 2.45) is 11.7 Å². The lowest BCUT2D eigenvalue weighted by atomic mass is 10.0. The summed E-state index contributed by atoms with van der Waals surface area (Å²) in [6.07, 6.45) is 1.01. The van der Waals surface area contributed by atoms with E-state index in [1.807, 2.05) is 12.1 Å². The van der Waals surface area contributed by atoms with E-state index in [0.29, 0.717) is 5.92 Å². The highest BCUT2D eigenvalue weighted by atomic mass is 32.2. The molecule has 1 unspecified atom stereocenters. The minimum absolute atomic E-state index is 0.128. The summed E-state index contributed by atoms with van der Waals surface area (Å²) in [7, 11) is 2.09. The summed E-state index contributed by atoms with van der Waals surface area (Å²) in [5, 5.41) is 0. The fourth-order valence-corrected chi connectivity index (χ4v) is 2.69. The Morgan fingerprint density at radius 3 is 2.58 bits per heavy atom. The highest BCUT2D eigenvalue weighted by molar-refractivity contribution is 7.99. The predicted octanol–water partition coefficient (Wildman–Crippen LogP) is 3.22. The van der Waals surface area contributed by atoms with E-state index in [1.54, 1.807) is 17.8 Å². The Hall–Kier alpha value is -0.580. The van der Waals surface area contributed by atoms with Crippen LogP contribution in [-0.4, -0.2) is 36.8 Å². The zero-order valence-corrected chi connectivity index (χ0v) is 12.9. The van der Waals surface area contributed by atoms with Crippen molar-refractivity contribution in [2.75, 3.05) is 25.9 Å². The van der Waals surface area contributed by atoms with E-state index < -0.39 is 0 Å². The van der Waals surface area contributed by atoms with Crippen LogP contribution < -0.4 is 5.73 Å². The van der Waals surface area contributed by atoms with Crippen molar-refractivity contribution in [1.82, 2.24) is 4.90 Å². The molecule has 1 aromatic rings. The van der Waals surface area contributed by atoms with Crippen molar-refractivity contribution in [3.05, 3.63) is 30.1 Å². The lowest BCUT2D eigenvalue weighted by Gasteiger charge is -2.21. The zero-order valence-electron chi connectivity index (χ0n) is 12.1. The lowest BCUT2D eigenvalue weighted by molar-refractivity contribution is 0.318. The molecule has 1 rings (SSSR count). The van der Waals surface area contributed by atoms with Gasteiger partial charge in [-0.3, -0.25) is 0 Å². The maximum Gasteiger partial charge on any atom is 0.136 e. The Balaban J connectivity index is 2.20. The van der Waals surface area contributed by atoms with Gasteiger partial charge in [-0.1, -0.05) is 26.0 Å². The van der Waals surface area contributed by atoms with Crippen molar-refractivity contribution >= 4 is 11.8 Å². The molecule has 19 heavy (non-hydrogen) atoms. The van der Waals surface area contributed by atoms with Crippen LogP contribution in [0.15, 0.2) is 29.2 Å². The Morgan fingerprint density at radius 2 is 1.95 bits per heavy atom. The molecule has 2 nitrogen and oxygen atoms in total. The smallest absolute Gasteiger partial charge is 0.136 e. The van der Waals surface area contributed by atoms with Gasteiger partial charge in [0.25, 0.3) is 0 Å². The third-order valence-electron chi connectivity index (χ3n) is 3.27. The van der Waals surface area contributed by atoms with Crippen molar-refractivity contribution < 1.29 is 4.39 Å². The molecule has 0 saturated carbocycles. The SMILES string of the molecule is CC(C)C(N)CCN(C)CCSc1ccccc1F. The van der Waals surface area contributed by atoms with Crippen molar-refractivity contribution in [1.29, 1.82) is 0 Å². The Kier molecular flexibility index (Phi) is 7.42. The van der Waals surface area contributed by atoms with Crippen LogP contribution in [0.5, 0.6) is 0 Å². The normalized spacial score (nSPS) is 13.2. The average molecular weight is 284 g/mol. The molecule has 4 heteroatoms. The largest absolute Gasteiger partial charge is 0.327 e. The third kappa shape index (κ3) is 6.41. The summed E-state index contributed by atoms with van der Waals surface area (Å²) < 4.78 is 13.4. The summed E-state index contributed by atoms with van der Waals surface area (Å²) in [6.45, 7) is 6.25. The quantitative estimate of drug-likeness (QED) is 0.743. The topological polar surface area (TPSA) is 29.3 Å². The van der Waals surface area contributed by atoms with E-state index in [2.05, 4.69) is 25.8 Å². The van der Waals surface area contributed by atoms with Gasteiger partial charge in [-0.25, -0.2) is 4.39 Å². The monoisotopic (exact) mass is 284 g/mol. The molecule has 1 atom stereocenters. The number of nitrogens with two attached hydrogens (primary N) is 1. The van der Waals surface area contributed by atoms with Crippen LogP contribution in [0.2, 0.25) is 0 Å². The fourth-order valence-electron chi connectivity index (χ4n) is 1.69. The molecule has 0 aromatic heterocycles. The lowest BCUT2D eigenvalue weighted by Crippen LogP contribution is -2.32. The molecular formula is C15H25FN2S. The minimum atomic E-state index is -0.128. The molecule has 1 aromatic carbocycles. The summed E-state index contributed by atoms with van der Waals surface area (Å²) in [4.78, 5) is 2.99. The second-order valence-electron chi connectivity index (χ2n) is 5.28. The summed E-state index contributed by atoms with van der Waals surface area (Å²) in [6, 6.07) is 7.19. The minimum Gasteiger partial charge on any atom is -0.327 e. The van der Waals surface area contributed by atoms with Crippen LogP contribution in [0.4, 0.5) is 4.39 Å². The Bertz CT molecular complexity index is 371. The molecule has 0 aliphatic heterocycles. The number of halogens is 1. The molecule has 0 saturated heterocycles. The fraction of sp³-hybridized carbons (Fsp3) is 0.600. The molecule has 0 aliphatic rings. The van der Waals surface area contributed by atoms with Gasteiger partial charge >= 0.3 is 0 Å². The maximum absolute atomic E-state index is 13.4. The molecular weight excluding hydrogens is 259 g/mol. The van der Waals surface area contributed by atoms with E-state index in [4.69, 9.17) is 5.73 Å². The molecule has 0 heterocycles. The number of hydrogen-bond acceptors (Lipinski definition) is 3. The van der Waals surface area contributed by atoms with E-state index in [0.717, 1.165) is 30.2 Å². The number of nitrogens with zero attached hydrogens (tertiary/aromatic N) is 1. The highest BCUT2D eigenvalue weighted by Gasteiger charge is 2.09. The van der Waals surface area contributed by atoms with Gasteiger partial charge in [-0.2, -0.15) is 0 Å². The molecule has 108 valence electrons. The second-order valence-corrected chi connectivity index (χ2v) is 6.42. The summed E-state index contributed by atoms with van der Waals surface area (Å²) in [5.74, 6) is 1.30. The van der Waals surface area contributed by atoms with Gasteiger partial charge in [0.05, 0.1) is 0 Å². The average Bonchev–Trinajstić information content (AvgIpc) is 2.38. The summed E-state index contributed by atoms with van der Waals surface area (Å²) >= 11 is 1.57. The standard InChI is InChI=1S/C15H25FN2S/c1-12(2)14(17)8-9-18(3)10-11-19-15-7-5-4-6-13(15)16/h4-7,12,14H,8-11,17H2,1-3H3. The van der Waals surface area contributed by atoms with Crippen LogP contribution in [0.1, 0.15) is 20.3 Å². The van der Waals surface area contributed by atoms with Crippen LogP contribution in [0.3, 0.4) is 0 Å². The summed E-state index contributed by atoms with van der Waals surface area (Å²) in [5.41, 5.74) is 6.02. The molecule has 2 N–H and O–H groups in total. The first-order valence-corrected chi connectivity index (χ1v) is 7.80. The Labute approximate surface area is 120 Å². The van der Waals surface area contributed by atoms with E-state index in [-0.39, 0.29) is 11.9 Å².